The van der Waals surface area contributed by atoms with Crippen LogP contribution in [0, 0.1) is 0 Å². The van der Waals surface area contributed by atoms with E-state index in [9.17, 15) is 13.2 Å². The van der Waals surface area contributed by atoms with Crippen molar-refractivity contribution in [2.45, 2.75) is 0 Å². The number of nitrogens with zero attached hydrogens (tertiary/aromatic N) is 2. The van der Waals surface area contributed by atoms with Crippen molar-refractivity contribution in [3.05, 3.63) is 59.5 Å². The second-order valence-electron chi connectivity index (χ2n) is 5.44. The number of hydrogen-bond donors (Lipinski definition) is 2. The van der Waals surface area contributed by atoms with Gasteiger partial charge in [-0.25, -0.2) is 8.42 Å². The molecule has 7 nitrogen and oxygen atoms in total. The highest BCUT2D eigenvalue weighted by molar-refractivity contribution is 7.92. The number of nitrogen functional groups attached to an aromatic ring is 1. The molecule has 24 heavy (non-hydrogen) atoms. The van der Waals surface area contributed by atoms with Gasteiger partial charge in [-0.15, -0.1) is 6.58 Å². The average molecular weight is 348 g/mol. The number of nitrogens with two attached hydrogens (primary N) is 1. The van der Waals surface area contributed by atoms with E-state index in [2.05, 4.69) is 11.3 Å². The zero-order valence-electron chi connectivity index (χ0n) is 13.6. The van der Waals surface area contributed by atoms with Crippen molar-refractivity contribution in [1.29, 1.82) is 0 Å². The van der Waals surface area contributed by atoms with Gasteiger partial charge in [0.25, 0.3) is 0 Å². The van der Waals surface area contributed by atoms with E-state index in [1.165, 1.54) is 18.2 Å². The minimum Gasteiger partial charge on any atom is -0.397 e. The fourth-order valence-corrected chi connectivity index (χ4v) is 3.09. The molecule has 8 heteroatoms. The summed E-state index contributed by atoms with van der Waals surface area (Å²) in [5, 5.41) is 0. The van der Waals surface area contributed by atoms with Gasteiger partial charge in [0.15, 0.2) is 5.43 Å². The highest BCUT2D eigenvalue weighted by atomic mass is 32.2. The molecule has 1 aromatic carbocycles. The van der Waals surface area contributed by atoms with Gasteiger partial charge in [0.05, 0.1) is 28.5 Å². The molecule has 0 aliphatic heterocycles. The Hall–Kier alpha value is -2.74. The lowest BCUT2D eigenvalue weighted by Crippen LogP contribution is -2.18. The first-order valence-corrected chi connectivity index (χ1v) is 8.79. The third-order valence-corrected chi connectivity index (χ3v) is 4.51. The van der Waals surface area contributed by atoms with Crippen molar-refractivity contribution in [3.8, 4) is 5.69 Å². The van der Waals surface area contributed by atoms with Gasteiger partial charge < -0.3 is 15.2 Å². The molecule has 128 valence electrons. The van der Waals surface area contributed by atoms with E-state index in [4.69, 9.17) is 5.73 Å². The highest BCUT2D eigenvalue weighted by Gasteiger charge is 2.15. The number of pyridine rings is 1. The van der Waals surface area contributed by atoms with Crippen molar-refractivity contribution < 1.29 is 8.42 Å². The Morgan fingerprint density at radius 2 is 1.92 bits per heavy atom. The van der Waals surface area contributed by atoms with Crippen LogP contribution in [0.3, 0.4) is 0 Å². The van der Waals surface area contributed by atoms with Gasteiger partial charge in [0.1, 0.15) is 0 Å². The molecular formula is C16H20N4O3S. The minimum atomic E-state index is -3.55. The Balaban J connectivity index is 2.55. The Kier molecular flexibility index (Phi) is 4.99. The second kappa shape index (κ2) is 6.79. The SMILES string of the molecule is C=CCS(=O)(=O)Nc1cc(N(C)C)c(-n2ccc(=O)cc2)cc1N. The van der Waals surface area contributed by atoms with Gasteiger partial charge in [-0.3, -0.25) is 9.52 Å². The maximum atomic E-state index is 11.9. The van der Waals surface area contributed by atoms with Crippen molar-refractivity contribution >= 4 is 27.1 Å². The normalized spacial score (nSPS) is 11.1. The van der Waals surface area contributed by atoms with Gasteiger partial charge >= 0.3 is 0 Å². The van der Waals surface area contributed by atoms with E-state index < -0.39 is 10.0 Å². The van der Waals surface area contributed by atoms with Crippen LogP contribution in [0.2, 0.25) is 0 Å². The van der Waals surface area contributed by atoms with E-state index in [0.29, 0.717) is 5.69 Å². The summed E-state index contributed by atoms with van der Waals surface area (Å²) in [6, 6.07) is 6.20. The summed E-state index contributed by atoms with van der Waals surface area (Å²) in [6.07, 6.45) is 4.57. The first kappa shape index (κ1) is 17.6. The highest BCUT2D eigenvalue weighted by Crippen LogP contribution is 2.32. The molecule has 0 saturated carbocycles. The molecule has 0 aliphatic carbocycles. The smallest absolute Gasteiger partial charge is 0.236 e. The molecule has 0 aliphatic rings. The van der Waals surface area contributed by atoms with Gasteiger partial charge in [-0.1, -0.05) is 6.08 Å². The Bertz CT molecular complexity index is 897. The van der Waals surface area contributed by atoms with Crippen LogP contribution >= 0.6 is 0 Å². The summed E-state index contributed by atoms with van der Waals surface area (Å²) in [5.74, 6) is -0.203. The fourth-order valence-electron chi connectivity index (χ4n) is 2.18. The summed E-state index contributed by atoms with van der Waals surface area (Å²) in [5.41, 5.74) is 7.96. The number of anilines is 3. The van der Waals surface area contributed by atoms with Crippen LogP contribution in [0.25, 0.3) is 5.69 Å². The fraction of sp³-hybridized carbons (Fsp3) is 0.188. The standard InChI is InChI=1S/C16H20N4O3S/c1-4-9-24(22,23)18-14-11-15(19(2)3)16(10-13(14)17)20-7-5-12(21)6-8-20/h4-8,10-11,18H,1,9,17H2,2-3H3. The predicted molar refractivity (Wildman–Crippen MR) is 98.4 cm³/mol. The topological polar surface area (TPSA) is 97.4 Å². The Morgan fingerprint density at radius 1 is 1.29 bits per heavy atom. The van der Waals surface area contributed by atoms with Crippen molar-refractivity contribution in [1.82, 2.24) is 4.57 Å². The molecule has 2 aromatic rings. The summed E-state index contributed by atoms with van der Waals surface area (Å²) in [6.45, 7) is 3.43. The third kappa shape index (κ3) is 3.96. The van der Waals surface area contributed by atoms with Crippen LogP contribution in [0.1, 0.15) is 0 Å². The molecule has 2 rings (SSSR count). The van der Waals surface area contributed by atoms with Crippen LogP contribution in [0.4, 0.5) is 17.1 Å². The lowest BCUT2D eigenvalue weighted by atomic mass is 10.2. The molecule has 0 spiro atoms. The van der Waals surface area contributed by atoms with E-state index in [-0.39, 0.29) is 16.9 Å². The van der Waals surface area contributed by atoms with Crippen molar-refractivity contribution in [2.75, 3.05) is 35.2 Å². The van der Waals surface area contributed by atoms with E-state index in [1.54, 1.807) is 29.1 Å². The van der Waals surface area contributed by atoms with E-state index >= 15 is 0 Å². The lowest BCUT2D eigenvalue weighted by Gasteiger charge is -2.22. The van der Waals surface area contributed by atoms with Crippen LogP contribution in [-0.4, -0.2) is 32.8 Å². The molecule has 0 bridgehead atoms. The molecule has 3 N–H and O–H groups in total. The van der Waals surface area contributed by atoms with Crippen LogP contribution < -0.4 is 20.8 Å². The molecule has 0 fully saturated rings. The monoisotopic (exact) mass is 348 g/mol. The molecule has 1 aromatic heterocycles. The first-order chi connectivity index (χ1) is 11.2. The van der Waals surface area contributed by atoms with Crippen molar-refractivity contribution in [3.63, 3.8) is 0 Å². The Morgan fingerprint density at radius 3 is 2.46 bits per heavy atom. The van der Waals surface area contributed by atoms with Crippen LogP contribution in [-0.2, 0) is 10.0 Å². The number of sulfonamides is 1. The number of rotatable bonds is 6. The average Bonchev–Trinajstić information content (AvgIpc) is 2.49. The quantitative estimate of drug-likeness (QED) is 0.608. The molecule has 0 saturated heterocycles. The molecule has 0 amide bonds. The Labute approximate surface area is 141 Å². The first-order valence-electron chi connectivity index (χ1n) is 7.14. The predicted octanol–water partition coefficient (Wildman–Crippen LogP) is 1.41. The number of hydrogen-bond acceptors (Lipinski definition) is 5. The molecule has 0 radical (unpaired) electrons. The zero-order chi connectivity index (χ0) is 17.9. The third-order valence-electron chi connectivity index (χ3n) is 3.31. The van der Waals surface area contributed by atoms with Crippen LogP contribution in [0.15, 0.2) is 54.1 Å². The number of nitrogens with one attached hydrogen (secondary N) is 1. The molecule has 1 heterocycles. The molecular weight excluding hydrogens is 328 g/mol. The summed E-state index contributed by atoms with van der Waals surface area (Å²) < 4.78 is 28.1. The number of benzene rings is 1. The van der Waals surface area contributed by atoms with Crippen molar-refractivity contribution in [2.24, 2.45) is 0 Å². The largest absolute Gasteiger partial charge is 0.397 e. The van der Waals surface area contributed by atoms with E-state index in [0.717, 1.165) is 11.4 Å². The maximum Gasteiger partial charge on any atom is 0.236 e. The van der Waals surface area contributed by atoms with E-state index in [1.807, 2.05) is 19.0 Å². The van der Waals surface area contributed by atoms with Gasteiger partial charge in [-0.05, 0) is 12.1 Å². The van der Waals surface area contributed by atoms with Crippen LogP contribution in [0.5, 0.6) is 0 Å². The summed E-state index contributed by atoms with van der Waals surface area (Å²) in [7, 11) is 0.118. The summed E-state index contributed by atoms with van der Waals surface area (Å²) in [4.78, 5) is 13.1. The molecule has 0 unspecified atom stereocenters. The lowest BCUT2D eigenvalue weighted by molar-refractivity contribution is 0.604. The molecule has 0 atom stereocenters. The van der Waals surface area contributed by atoms with Gasteiger partial charge in [0.2, 0.25) is 10.0 Å². The number of aromatic nitrogens is 1. The summed E-state index contributed by atoms with van der Waals surface area (Å²) >= 11 is 0. The second-order valence-corrected chi connectivity index (χ2v) is 7.20. The van der Waals surface area contributed by atoms with Gasteiger partial charge in [0, 0.05) is 38.6 Å². The zero-order valence-corrected chi connectivity index (χ0v) is 14.4. The minimum absolute atomic E-state index is 0.0977. The van der Waals surface area contributed by atoms with Gasteiger partial charge in [-0.2, -0.15) is 0 Å². The maximum absolute atomic E-state index is 11.9.